The number of nitrogens with one attached hydrogen (secondary N) is 5. The molecule has 0 saturated carbocycles. The number of aliphatic hydroxyl groups excluding tert-OH is 1. The fraction of sp³-hybridized carbons (Fsp3) is 0.429. The Morgan fingerprint density at radius 3 is 2.06 bits per heavy atom. The molecule has 3 rings (SSSR count). The van der Waals surface area contributed by atoms with Crippen LogP contribution in [0.2, 0.25) is 0 Å². The Labute approximate surface area is 291 Å². The van der Waals surface area contributed by atoms with E-state index in [2.05, 4.69) is 50.3 Å². The van der Waals surface area contributed by atoms with Crippen LogP contribution in [0.15, 0.2) is 61.1 Å². The molecule has 0 saturated heterocycles. The Bertz CT molecular complexity index is 1550. The molecule has 2 aromatic carbocycles. The van der Waals surface area contributed by atoms with E-state index in [0.29, 0.717) is 30.6 Å². The van der Waals surface area contributed by atoms with Gasteiger partial charge in [-0.05, 0) is 74.4 Å². The van der Waals surface area contributed by atoms with Gasteiger partial charge in [0.25, 0.3) is 11.8 Å². The number of unbranched alkanes of at least 4 members (excludes halogenated alkanes) is 2. The first-order valence-electron chi connectivity index (χ1n) is 16.7. The number of carboxylic acids is 1. The van der Waals surface area contributed by atoms with Crippen molar-refractivity contribution >= 4 is 29.6 Å². The van der Waals surface area contributed by atoms with Crippen molar-refractivity contribution in [1.82, 2.24) is 31.2 Å². The number of hydrogen-bond acceptors (Lipinski definition) is 9. The zero-order valence-corrected chi connectivity index (χ0v) is 28.4. The molecule has 0 fully saturated rings. The second-order valence-corrected chi connectivity index (χ2v) is 12.1. The monoisotopic (exact) mass is 692 g/mol. The fourth-order valence-corrected chi connectivity index (χ4v) is 5.11. The molecule has 0 spiro atoms. The second kappa shape index (κ2) is 19.8. The van der Waals surface area contributed by atoms with Crippen molar-refractivity contribution in [3.63, 3.8) is 0 Å². The first-order valence-corrected chi connectivity index (χ1v) is 16.7. The summed E-state index contributed by atoms with van der Waals surface area (Å²) in [5.41, 5.74) is 15.2. The first-order chi connectivity index (χ1) is 23.9. The van der Waals surface area contributed by atoms with E-state index >= 15 is 0 Å². The number of hydrogen-bond donors (Lipinski definition) is 9. The summed E-state index contributed by atoms with van der Waals surface area (Å²) in [6.45, 7) is 3.76. The van der Waals surface area contributed by atoms with Gasteiger partial charge >= 0.3 is 5.97 Å². The van der Waals surface area contributed by atoms with Crippen molar-refractivity contribution in [2.45, 2.75) is 89.2 Å². The SMILES string of the molecule is CCCCc1ccc(-c2ccc(C(=O)N[C@@H](Cc3cnc[nH]3)C(=O)N[C@H](C(=O)N[C@@H](N)C(=O)NC(CCCCN)C(=O)O)[C@@H](C)O)cc2)cc1. The first kappa shape index (κ1) is 39.3. The number of carbonyl (C=O) groups excluding carboxylic acids is 4. The number of aliphatic hydroxyl groups is 1. The molecule has 4 amide bonds. The van der Waals surface area contributed by atoms with Crippen LogP contribution in [-0.2, 0) is 32.0 Å². The maximum Gasteiger partial charge on any atom is 0.326 e. The van der Waals surface area contributed by atoms with Crippen LogP contribution in [0.5, 0.6) is 0 Å². The molecule has 15 nitrogen and oxygen atoms in total. The number of H-pyrrole nitrogens is 1. The quantitative estimate of drug-likeness (QED) is 0.0592. The Morgan fingerprint density at radius 2 is 1.50 bits per heavy atom. The largest absolute Gasteiger partial charge is 0.480 e. The van der Waals surface area contributed by atoms with Crippen molar-refractivity contribution in [3.05, 3.63) is 77.9 Å². The summed E-state index contributed by atoms with van der Waals surface area (Å²) in [6, 6.07) is 11.1. The molecule has 0 aliphatic heterocycles. The minimum absolute atomic E-state index is 0.0309. The highest BCUT2D eigenvalue weighted by Crippen LogP contribution is 2.21. The zero-order chi connectivity index (χ0) is 36.6. The van der Waals surface area contributed by atoms with Crippen LogP contribution in [0, 0.1) is 0 Å². The number of aryl methyl sites for hydroxylation is 1. The molecule has 50 heavy (non-hydrogen) atoms. The maximum atomic E-state index is 13.5. The highest BCUT2D eigenvalue weighted by molar-refractivity contribution is 5.99. The molecule has 5 atom stereocenters. The fourth-order valence-electron chi connectivity index (χ4n) is 5.11. The van der Waals surface area contributed by atoms with Gasteiger partial charge in [-0.1, -0.05) is 49.7 Å². The van der Waals surface area contributed by atoms with Gasteiger partial charge in [0.1, 0.15) is 18.1 Å². The van der Waals surface area contributed by atoms with E-state index in [1.54, 1.807) is 12.1 Å². The minimum Gasteiger partial charge on any atom is -0.480 e. The Morgan fingerprint density at radius 1 is 0.840 bits per heavy atom. The van der Waals surface area contributed by atoms with E-state index in [1.807, 2.05) is 24.3 Å². The van der Waals surface area contributed by atoms with Gasteiger partial charge in [-0.3, -0.25) is 19.2 Å². The van der Waals surface area contributed by atoms with Crippen molar-refractivity contribution in [1.29, 1.82) is 0 Å². The van der Waals surface area contributed by atoms with Crippen molar-refractivity contribution in [2.75, 3.05) is 6.54 Å². The third-order valence-corrected chi connectivity index (χ3v) is 8.06. The summed E-state index contributed by atoms with van der Waals surface area (Å²) in [4.78, 5) is 70.9. The maximum absolute atomic E-state index is 13.5. The highest BCUT2D eigenvalue weighted by atomic mass is 16.4. The number of imidazole rings is 1. The molecule has 0 aliphatic rings. The average Bonchev–Trinajstić information content (AvgIpc) is 3.62. The Hall–Kier alpha value is -5.12. The van der Waals surface area contributed by atoms with Crippen LogP contribution < -0.4 is 32.7 Å². The molecule has 11 N–H and O–H groups in total. The normalized spacial score (nSPS) is 14.0. The molecule has 15 heteroatoms. The van der Waals surface area contributed by atoms with E-state index in [0.717, 1.165) is 30.4 Å². The lowest BCUT2D eigenvalue weighted by Crippen LogP contribution is -2.62. The van der Waals surface area contributed by atoms with Crippen molar-refractivity contribution in [3.8, 4) is 11.1 Å². The number of nitrogens with two attached hydrogens (primary N) is 2. The molecule has 0 radical (unpaired) electrons. The Kier molecular flexibility index (Phi) is 15.5. The predicted octanol–water partition coefficient (Wildman–Crippen LogP) is 0.725. The van der Waals surface area contributed by atoms with Gasteiger partial charge in [-0.25, -0.2) is 9.78 Å². The number of carboxylic acid groups (broad SMARTS) is 1. The molecule has 1 heterocycles. The molecule has 1 unspecified atom stereocenters. The van der Waals surface area contributed by atoms with E-state index in [4.69, 9.17) is 11.5 Å². The number of amides is 4. The zero-order valence-electron chi connectivity index (χ0n) is 28.4. The smallest absolute Gasteiger partial charge is 0.326 e. The summed E-state index contributed by atoms with van der Waals surface area (Å²) >= 11 is 0. The van der Waals surface area contributed by atoms with Crippen molar-refractivity contribution < 1.29 is 34.2 Å². The predicted molar refractivity (Wildman–Crippen MR) is 186 cm³/mol. The van der Waals surface area contributed by atoms with Crippen LogP contribution in [0.3, 0.4) is 0 Å². The highest BCUT2D eigenvalue weighted by Gasteiger charge is 2.32. The summed E-state index contributed by atoms with van der Waals surface area (Å²) in [7, 11) is 0. The molecule has 0 aliphatic carbocycles. The van der Waals surface area contributed by atoms with Crippen molar-refractivity contribution in [2.24, 2.45) is 11.5 Å². The number of rotatable bonds is 20. The molecule has 3 aromatic rings. The second-order valence-electron chi connectivity index (χ2n) is 12.1. The Balaban J connectivity index is 1.68. The van der Waals surface area contributed by atoms with Crippen LogP contribution in [-0.4, -0.2) is 86.7 Å². The van der Waals surface area contributed by atoms with Gasteiger partial charge in [0, 0.05) is 23.9 Å². The summed E-state index contributed by atoms with van der Waals surface area (Å²) < 4.78 is 0. The number of benzene rings is 2. The standard InChI is InChI=1S/C35H48N8O7/c1-3-4-7-22-9-11-23(12-10-22)24-13-15-25(16-14-24)31(45)41-28(18-26-19-38-20-39-26)32(46)42-29(21(2)44)33(47)43-30(37)34(48)40-27(35(49)50)8-5-6-17-36/h9-16,19-21,27-30,44H,3-8,17-18,36-37H2,1-2H3,(H,38,39)(H,40,48)(H,41,45)(H,42,46)(H,43,47)(H,49,50)/t21-,27?,28+,29+,30-/m1/s1. The summed E-state index contributed by atoms with van der Waals surface area (Å²) in [5, 5.41) is 29.4. The number of aromatic nitrogens is 2. The minimum atomic E-state index is -1.69. The number of carbonyl (C=O) groups is 5. The molecule has 270 valence electrons. The third kappa shape index (κ3) is 12.1. The lowest BCUT2D eigenvalue weighted by Gasteiger charge is -2.26. The van der Waals surface area contributed by atoms with E-state index < -0.39 is 60.0 Å². The summed E-state index contributed by atoms with van der Waals surface area (Å²) in [5.74, 6) is -4.63. The van der Waals surface area contributed by atoms with E-state index in [1.165, 1.54) is 25.0 Å². The number of aromatic amines is 1. The molecular weight excluding hydrogens is 644 g/mol. The van der Waals surface area contributed by atoms with E-state index in [-0.39, 0.29) is 12.8 Å². The average molecular weight is 693 g/mol. The van der Waals surface area contributed by atoms with Gasteiger partial charge in [0.2, 0.25) is 11.8 Å². The number of aliphatic carboxylic acids is 1. The lowest BCUT2D eigenvalue weighted by atomic mass is 10.0. The molecular formula is C35H48N8O7. The van der Waals surface area contributed by atoms with Crippen LogP contribution >= 0.6 is 0 Å². The van der Waals surface area contributed by atoms with Crippen LogP contribution in [0.25, 0.3) is 11.1 Å². The van der Waals surface area contributed by atoms with Crippen LogP contribution in [0.1, 0.15) is 67.6 Å². The van der Waals surface area contributed by atoms with Crippen LogP contribution in [0.4, 0.5) is 0 Å². The topological polar surface area (TPSA) is 255 Å². The number of nitrogens with zero attached hydrogens (tertiary/aromatic N) is 1. The van der Waals surface area contributed by atoms with Gasteiger partial charge in [0.15, 0.2) is 6.17 Å². The van der Waals surface area contributed by atoms with Gasteiger partial charge in [-0.2, -0.15) is 0 Å². The molecule has 1 aromatic heterocycles. The molecule has 0 bridgehead atoms. The van der Waals surface area contributed by atoms with E-state index in [9.17, 15) is 34.2 Å². The third-order valence-electron chi connectivity index (χ3n) is 8.06. The summed E-state index contributed by atoms with van der Waals surface area (Å²) in [6.07, 6.45) is 4.07. The lowest BCUT2D eigenvalue weighted by molar-refractivity contribution is -0.142. The van der Waals surface area contributed by atoms with Gasteiger partial charge in [-0.15, -0.1) is 0 Å². The van der Waals surface area contributed by atoms with Gasteiger partial charge in [0.05, 0.1) is 12.4 Å². The van der Waals surface area contributed by atoms with Gasteiger partial charge < -0.3 is 47.9 Å².